The van der Waals surface area contributed by atoms with Crippen LogP contribution in [-0.2, 0) is 6.54 Å². The van der Waals surface area contributed by atoms with Crippen LogP contribution in [-0.4, -0.2) is 28.2 Å². The van der Waals surface area contributed by atoms with Crippen LogP contribution in [0.3, 0.4) is 0 Å². The summed E-state index contributed by atoms with van der Waals surface area (Å²) in [6.45, 7) is 10.1. The molecule has 0 aliphatic carbocycles. The Morgan fingerprint density at radius 2 is 1.87 bits per heavy atom. The summed E-state index contributed by atoms with van der Waals surface area (Å²) in [7, 11) is 0. The van der Waals surface area contributed by atoms with E-state index in [1.54, 1.807) is 0 Å². The van der Waals surface area contributed by atoms with Crippen molar-refractivity contribution >= 4 is 0 Å². The molecule has 1 aromatic carbocycles. The molecule has 1 saturated heterocycles. The van der Waals surface area contributed by atoms with E-state index in [9.17, 15) is 0 Å². The molecule has 0 radical (unpaired) electrons. The maximum absolute atomic E-state index is 5.84. The molecule has 1 aromatic heterocycles. The van der Waals surface area contributed by atoms with Gasteiger partial charge in [0.1, 0.15) is 0 Å². The first-order valence-electron chi connectivity index (χ1n) is 8.62. The molecule has 2 aromatic rings. The van der Waals surface area contributed by atoms with Crippen molar-refractivity contribution in [2.75, 3.05) is 13.1 Å². The van der Waals surface area contributed by atoms with Gasteiger partial charge in [0.25, 0.3) is 0 Å². The summed E-state index contributed by atoms with van der Waals surface area (Å²) in [6, 6.07) is 9.96. The largest absolute Gasteiger partial charge is 0.419 e. The second kappa shape index (κ2) is 6.83. The van der Waals surface area contributed by atoms with Gasteiger partial charge < -0.3 is 4.42 Å². The molecule has 0 N–H and O–H groups in total. The molecular weight excluding hydrogens is 286 g/mol. The summed E-state index contributed by atoms with van der Waals surface area (Å²) < 4.78 is 5.84. The molecular formula is C19H27N3O. The molecule has 3 rings (SSSR count). The van der Waals surface area contributed by atoms with E-state index in [-0.39, 0.29) is 0 Å². The molecule has 0 bridgehead atoms. The summed E-state index contributed by atoms with van der Waals surface area (Å²) in [6.07, 6.45) is 3.82. The van der Waals surface area contributed by atoms with Crippen molar-refractivity contribution in [2.45, 2.75) is 46.6 Å². The van der Waals surface area contributed by atoms with Crippen LogP contribution in [0.1, 0.15) is 45.9 Å². The Balaban J connectivity index is 1.61. The third-order valence-corrected chi connectivity index (χ3v) is 4.89. The fraction of sp³-hybridized carbons (Fsp3) is 0.579. The predicted octanol–water partition coefficient (Wildman–Crippen LogP) is 4.38. The maximum atomic E-state index is 5.84. The average Bonchev–Trinajstić information content (AvgIpc) is 2.85. The van der Waals surface area contributed by atoms with Crippen molar-refractivity contribution in [3.05, 3.63) is 36.2 Å². The van der Waals surface area contributed by atoms with Crippen LogP contribution in [0.25, 0.3) is 11.5 Å². The first-order chi connectivity index (χ1) is 11.0. The second-order valence-electron chi connectivity index (χ2n) is 7.64. The van der Waals surface area contributed by atoms with Crippen LogP contribution < -0.4 is 0 Å². The van der Waals surface area contributed by atoms with Crippen LogP contribution in [0.4, 0.5) is 0 Å². The van der Waals surface area contributed by atoms with E-state index in [2.05, 4.69) is 35.9 Å². The molecule has 2 heterocycles. The van der Waals surface area contributed by atoms with Crippen molar-refractivity contribution in [1.29, 1.82) is 0 Å². The third kappa shape index (κ3) is 4.20. The van der Waals surface area contributed by atoms with Crippen LogP contribution in [0.15, 0.2) is 34.7 Å². The monoisotopic (exact) mass is 313 g/mol. The zero-order valence-electron chi connectivity index (χ0n) is 14.5. The summed E-state index contributed by atoms with van der Waals surface area (Å²) in [5.41, 5.74) is 1.39. The molecule has 4 nitrogen and oxygen atoms in total. The van der Waals surface area contributed by atoms with Crippen LogP contribution in [0.5, 0.6) is 0 Å². The quantitative estimate of drug-likeness (QED) is 0.843. The summed E-state index contributed by atoms with van der Waals surface area (Å²) in [5, 5.41) is 8.41. The fourth-order valence-electron chi connectivity index (χ4n) is 3.39. The summed E-state index contributed by atoms with van der Waals surface area (Å²) in [5.74, 6) is 2.14. The molecule has 4 heteroatoms. The number of likely N-dealkylation sites (tertiary alicyclic amines) is 1. The minimum Gasteiger partial charge on any atom is -0.419 e. The van der Waals surface area contributed by atoms with E-state index in [1.165, 1.54) is 19.3 Å². The standard InChI is InChI=1S/C19H27N3O/c1-19(2,3)16-10-7-12-22(13-11-16)14-17-20-21-18(23-17)15-8-5-4-6-9-15/h4-6,8-9,16H,7,10-14H2,1-3H3. The molecule has 23 heavy (non-hydrogen) atoms. The Hall–Kier alpha value is -1.68. The summed E-state index contributed by atoms with van der Waals surface area (Å²) in [4.78, 5) is 2.45. The number of rotatable bonds is 3. The van der Waals surface area contributed by atoms with Gasteiger partial charge in [0, 0.05) is 5.56 Å². The van der Waals surface area contributed by atoms with E-state index in [0.717, 1.165) is 37.0 Å². The highest BCUT2D eigenvalue weighted by Crippen LogP contribution is 2.34. The molecule has 1 atom stereocenters. The third-order valence-electron chi connectivity index (χ3n) is 4.89. The van der Waals surface area contributed by atoms with Gasteiger partial charge in [-0.2, -0.15) is 0 Å². The smallest absolute Gasteiger partial charge is 0.247 e. The highest BCUT2D eigenvalue weighted by molar-refractivity contribution is 5.51. The Kier molecular flexibility index (Phi) is 4.81. The van der Waals surface area contributed by atoms with E-state index in [4.69, 9.17) is 4.42 Å². The van der Waals surface area contributed by atoms with Gasteiger partial charge >= 0.3 is 0 Å². The lowest BCUT2D eigenvalue weighted by molar-refractivity contribution is 0.202. The highest BCUT2D eigenvalue weighted by atomic mass is 16.4. The molecule has 1 unspecified atom stereocenters. The zero-order chi connectivity index (χ0) is 16.3. The first kappa shape index (κ1) is 16.2. The second-order valence-corrected chi connectivity index (χ2v) is 7.64. The Labute approximate surface area is 138 Å². The van der Waals surface area contributed by atoms with E-state index in [0.29, 0.717) is 11.3 Å². The first-order valence-corrected chi connectivity index (χ1v) is 8.62. The number of hydrogen-bond donors (Lipinski definition) is 0. The lowest BCUT2D eigenvalue weighted by atomic mass is 9.77. The lowest BCUT2D eigenvalue weighted by Gasteiger charge is -2.29. The molecule has 1 fully saturated rings. The van der Waals surface area contributed by atoms with Crippen LogP contribution >= 0.6 is 0 Å². The van der Waals surface area contributed by atoms with Crippen molar-refractivity contribution in [2.24, 2.45) is 11.3 Å². The molecule has 0 amide bonds. The predicted molar refractivity (Wildman–Crippen MR) is 91.8 cm³/mol. The molecule has 0 spiro atoms. The average molecular weight is 313 g/mol. The molecule has 124 valence electrons. The van der Waals surface area contributed by atoms with Crippen LogP contribution in [0.2, 0.25) is 0 Å². The van der Waals surface area contributed by atoms with E-state index in [1.807, 2.05) is 30.3 Å². The van der Waals surface area contributed by atoms with Gasteiger partial charge in [0.15, 0.2) is 0 Å². The Bertz CT molecular complexity index is 615. The van der Waals surface area contributed by atoms with Gasteiger partial charge in [0.05, 0.1) is 6.54 Å². The number of aromatic nitrogens is 2. The Morgan fingerprint density at radius 3 is 2.61 bits per heavy atom. The van der Waals surface area contributed by atoms with Gasteiger partial charge in [0.2, 0.25) is 11.8 Å². The van der Waals surface area contributed by atoms with Crippen molar-refractivity contribution in [1.82, 2.24) is 15.1 Å². The maximum Gasteiger partial charge on any atom is 0.247 e. The van der Waals surface area contributed by atoms with E-state index < -0.39 is 0 Å². The van der Waals surface area contributed by atoms with Gasteiger partial charge in [-0.3, -0.25) is 4.90 Å². The van der Waals surface area contributed by atoms with E-state index >= 15 is 0 Å². The molecule has 1 aliphatic heterocycles. The minimum atomic E-state index is 0.404. The SMILES string of the molecule is CC(C)(C)C1CCCN(Cc2nnc(-c3ccccc3)o2)CC1. The number of nitrogens with zero attached hydrogens (tertiary/aromatic N) is 3. The number of benzene rings is 1. The van der Waals surface area contributed by atoms with Crippen LogP contribution in [0, 0.1) is 11.3 Å². The molecule has 0 saturated carbocycles. The Morgan fingerprint density at radius 1 is 1.09 bits per heavy atom. The molecule has 1 aliphatic rings. The van der Waals surface area contributed by atoms with Gasteiger partial charge in [-0.1, -0.05) is 39.0 Å². The normalized spacial score (nSPS) is 20.4. The van der Waals surface area contributed by atoms with Crippen molar-refractivity contribution < 1.29 is 4.42 Å². The number of hydrogen-bond acceptors (Lipinski definition) is 4. The van der Waals surface area contributed by atoms with Crippen molar-refractivity contribution in [3.63, 3.8) is 0 Å². The highest BCUT2D eigenvalue weighted by Gasteiger charge is 2.27. The van der Waals surface area contributed by atoms with Crippen molar-refractivity contribution in [3.8, 4) is 11.5 Å². The summed E-state index contributed by atoms with van der Waals surface area (Å²) >= 11 is 0. The fourth-order valence-corrected chi connectivity index (χ4v) is 3.39. The topological polar surface area (TPSA) is 42.2 Å². The van der Waals surface area contributed by atoms with Gasteiger partial charge in [-0.25, -0.2) is 0 Å². The zero-order valence-corrected chi connectivity index (χ0v) is 14.5. The van der Waals surface area contributed by atoms with Gasteiger partial charge in [-0.15, -0.1) is 10.2 Å². The van der Waals surface area contributed by atoms with Gasteiger partial charge in [-0.05, 0) is 55.8 Å². The minimum absolute atomic E-state index is 0.404. The lowest BCUT2D eigenvalue weighted by Crippen LogP contribution is -2.26.